The summed E-state index contributed by atoms with van der Waals surface area (Å²) in [4.78, 5) is 6.48. The van der Waals surface area contributed by atoms with Gasteiger partial charge in [0, 0.05) is 12.7 Å². The van der Waals surface area contributed by atoms with Gasteiger partial charge in [0.05, 0.1) is 12.4 Å². The average molecular weight is 184 g/mol. The van der Waals surface area contributed by atoms with Crippen LogP contribution in [0.15, 0.2) is 35.5 Å². The fourth-order valence-electron chi connectivity index (χ4n) is 2.17. The fraction of sp³-hybridized carbons (Fsp3) is 0.250. The van der Waals surface area contributed by atoms with Gasteiger partial charge >= 0.3 is 0 Å². The molecule has 3 rings (SSSR count). The number of aliphatic imine (C=N–C) groups is 1. The van der Waals surface area contributed by atoms with Crippen LogP contribution in [0.1, 0.15) is 23.6 Å². The number of fused-ring (bicyclic) bond motifs is 3. The van der Waals surface area contributed by atoms with Gasteiger partial charge in [-0.2, -0.15) is 0 Å². The Hall–Kier alpha value is -1.57. The van der Waals surface area contributed by atoms with Crippen molar-refractivity contribution in [3.63, 3.8) is 0 Å². The quantitative estimate of drug-likeness (QED) is 0.604. The first-order valence-corrected chi connectivity index (χ1v) is 5.00. The molecule has 1 aromatic carbocycles. The summed E-state index contributed by atoms with van der Waals surface area (Å²) >= 11 is 0. The molecule has 14 heavy (non-hydrogen) atoms. The molecule has 0 saturated heterocycles. The number of hydrogen-bond acceptors (Lipinski definition) is 2. The lowest BCUT2D eigenvalue weighted by molar-refractivity contribution is 0.379. The van der Waals surface area contributed by atoms with Crippen LogP contribution in [0.25, 0.3) is 6.08 Å². The summed E-state index contributed by atoms with van der Waals surface area (Å²) in [6, 6.07) is 9.11. The van der Waals surface area contributed by atoms with E-state index in [2.05, 4.69) is 46.4 Å². The van der Waals surface area contributed by atoms with Gasteiger partial charge in [-0.25, -0.2) is 0 Å². The molecule has 2 heterocycles. The van der Waals surface area contributed by atoms with Gasteiger partial charge in [-0.05, 0) is 23.6 Å². The van der Waals surface area contributed by atoms with Crippen LogP contribution in [0.2, 0.25) is 0 Å². The molecule has 1 atom stereocenters. The molecule has 0 aliphatic carbocycles. The molecule has 1 unspecified atom stereocenters. The second-order valence-corrected chi connectivity index (χ2v) is 3.72. The van der Waals surface area contributed by atoms with Crippen molar-refractivity contribution in [2.45, 2.75) is 12.5 Å². The maximum Gasteiger partial charge on any atom is 0.0895 e. The van der Waals surface area contributed by atoms with E-state index in [0.717, 1.165) is 13.0 Å². The molecule has 0 radical (unpaired) electrons. The predicted molar refractivity (Wildman–Crippen MR) is 58.0 cm³/mol. The van der Waals surface area contributed by atoms with Crippen LogP contribution >= 0.6 is 0 Å². The highest BCUT2D eigenvalue weighted by Crippen LogP contribution is 2.32. The Morgan fingerprint density at radius 3 is 3.21 bits per heavy atom. The van der Waals surface area contributed by atoms with E-state index >= 15 is 0 Å². The van der Waals surface area contributed by atoms with Gasteiger partial charge in [-0.3, -0.25) is 4.99 Å². The van der Waals surface area contributed by atoms with Gasteiger partial charge in [0.2, 0.25) is 0 Å². The molecule has 0 amide bonds. The van der Waals surface area contributed by atoms with Crippen molar-refractivity contribution in [3.8, 4) is 0 Å². The fourth-order valence-corrected chi connectivity index (χ4v) is 2.17. The smallest absolute Gasteiger partial charge is 0.0895 e. The highest BCUT2D eigenvalue weighted by molar-refractivity contribution is 5.67. The minimum atomic E-state index is 0.508. The lowest BCUT2D eigenvalue weighted by atomic mass is 9.94. The third-order valence-electron chi connectivity index (χ3n) is 2.89. The van der Waals surface area contributed by atoms with E-state index in [1.54, 1.807) is 0 Å². The molecule has 0 fully saturated rings. The van der Waals surface area contributed by atoms with E-state index in [9.17, 15) is 0 Å². The molecule has 70 valence electrons. The third-order valence-corrected chi connectivity index (χ3v) is 2.89. The summed E-state index contributed by atoms with van der Waals surface area (Å²) in [5.74, 6) is 0. The van der Waals surface area contributed by atoms with Gasteiger partial charge in [0.1, 0.15) is 0 Å². The zero-order chi connectivity index (χ0) is 9.38. The zero-order valence-electron chi connectivity index (χ0n) is 7.93. The normalized spacial score (nSPS) is 23.1. The van der Waals surface area contributed by atoms with Crippen molar-refractivity contribution >= 4 is 12.4 Å². The number of hydrogen-bond donors (Lipinski definition) is 0. The zero-order valence-corrected chi connectivity index (χ0v) is 7.93. The minimum absolute atomic E-state index is 0.508. The summed E-state index contributed by atoms with van der Waals surface area (Å²) in [6.07, 6.45) is 7.34. The van der Waals surface area contributed by atoms with E-state index in [0.29, 0.717) is 6.04 Å². The first-order valence-electron chi connectivity index (χ1n) is 5.00. The van der Waals surface area contributed by atoms with Gasteiger partial charge < -0.3 is 4.90 Å². The minimum Gasteiger partial charge on any atom is -0.332 e. The number of benzene rings is 1. The average Bonchev–Trinajstić information content (AvgIpc) is 2.29. The lowest BCUT2D eigenvalue weighted by Gasteiger charge is -2.33. The molecule has 2 nitrogen and oxygen atoms in total. The van der Waals surface area contributed by atoms with Crippen LogP contribution in [0.5, 0.6) is 0 Å². The Bertz CT molecular complexity index is 407. The largest absolute Gasteiger partial charge is 0.332 e. The highest BCUT2D eigenvalue weighted by Gasteiger charge is 2.23. The van der Waals surface area contributed by atoms with E-state index in [1.165, 1.54) is 11.1 Å². The Morgan fingerprint density at radius 1 is 1.29 bits per heavy atom. The molecule has 2 heteroatoms. The van der Waals surface area contributed by atoms with Crippen molar-refractivity contribution in [3.05, 3.63) is 41.6 Å². The maximum absolute atomic E-state index is 4.28. The summed E-state index contributed by atoms with van der Waals surface area (Å²) in [5, 5.41) is 0. The molecule has 2 aliphatic rings. The van der Waals surface area contributed by atoms with Crippen LogP contribution < -0.4 is 0 Å². The molecule has 0 aromatic heterocycles. The van der Waals surface area contributed by atoms with Crippen LogP contribution in [0.3, 0.4) is 0 Å². The third kappa shape index (κ3) is 1.07. The topological polar surface area (TPSA) is 15.6 Å². The number of rotatable bonds is 0. The molecule has 0 saturated carbocycles. The van der Waals surface area contributed by atoms with Crippen molar-refractivity contribution in [2.75, 3.05) is 6.54 Å². The Kier molecular flexibility index (Phi) is 1.66. The van der Waals surface area contributed by atoms with Crippen molar-refractivity contribution < 1.29 is 0 Å². The molecule has 0 N–H and O–H groups in total. The first-order chi connectivity index (χ1) is 6.95. The van der Waals surface area contributed by atoms with Gasteiger partial charge in [0.15, 0.2) is 0 Å². The molecular formula is C12H12N2. The van der Waals surface area contributed by atoms with E-state index < -0.39 is 0 Å². The van der Waals surface area contributed by atoms with Gasteiger partial charge in [-0.1, -0.05) is 24.3 Å². The Balaban J connectivity index is 2.11. The Labute approximate surface area is 83.6 Å². The summed E-state index contributed by atoms with van der Waals surface area (Å²) < 4.78 is 0. The predicted octanol–water partition coefficient (Wildman–Crippen LogP) is 2.45. The van der Waals surface area contributed by atoms with Crippen molar-refractivity contribution in [1.82, 2.24) is 4.90 Å². The van der Waals surface area contributed by atoms with E-state index in [1.807, 2.05) is 6.34 Å². The maximum atomic E-state index is 4.28. The second-order valence-electron chi connectivity index (χ2n) is 3.72. The number of nitrogens with zero attached hydrogens (tertiary/aromatic N) is 2. The van der Waals surface area contributed by atoms with Gasteiger partial charge in [-0.15, -0.1) is 0 Å². The van der Waals surface area contributed by atoms with Crippen LogP contribution in [-0.4, -0.2) is 17.8 Å². The standard InChI is InChI=1S/C12H12N2/c1-2-4-11-10(3-1)6-8-14-9-13-7-5-12(11)14/h1-4,6,8-9,12H,5,7H2. The van der Waals surface area contributed by atoms with Crippen molar-refractivity contribution in [1.29, 1.82) is 0 Å². The van der Waals surface area contributed by atoms with Crippen molar-refractivity contribution in [2.24, 2.45) is 4.99 Å². The van der Waals surface area contributed by atoms with E-state index in [4.69, 9.17) is 0 Å². The van der Waals surface area contributed by atoms with Crippen LogP contribution in [-0.2, 0) is 0 Å². The second kappa shape index (κ2) is 2.98. The van der Waals surface area contributed by atoms with Crippen LogP contribution in [0.4, 0.5) is 0 Å². The molecule has 0 spiro atoms. The van der Waals surface area contributed by atoms with Crippen LogP contribution in [0, 0.1) is 0 Å². The van der Waals surface area contributed by atoms with Gasteiger partial charge in [0.25, 0.3) is 0 Å². The Morgan fingerprint density at radius 2 is 2.21 bits per heavy atom. The summed E-state index contributed by atoms with van der Waals surface area (Å²) in [5.41, 5.74) is 2.78. The lowest BCUT2D eigenvalue weighted by Crippen LogP contribution is -2.28. The monoisotopic (exact) mass is 184 g/mol. The summed E-state index contributed by atoms with van der Waals surface area (Å²) in [7, 11) is 0. The summed E-state index contributed by atoms with van der Waals surface area (Å²) in [6.45, 7) is 0.948. The first kappa shape index (κ1) is 7.80. The highest BCUT2D eigenvalue weighted by atomic mass is 15.2. The molecule has 0 bridgehead atoms. The SMILES string of the molecule is C1=CN2C=NCCC2c2ccccc21. The molecular weight excluding hydrogens is 172 g/mol. The molecule has 2 aliphatic heterocycles. The van der Waals surface area contributed by atoms with E-state index in [-0.39, 0.29) is 0 Å². The molecule has 1 aromatic rings.